The minimum Gasteiger partial charge on any atom is -0.374 e. The Kier molecular flexibility index (Phi) is 3.58. The van der Waals surface area contributed by atoms with Gasteiger partial charge in [0.15, 0.2) is 5.82 Å². The number of nitrogens with one attached hydrogen (secondary N) is 1. The van der Waals surface area contributed by atoms with Crippen molar-refractivity contribution in [2.75, 3.05) is 33.3 Å². The zero-order chi connectivity index (χ0) is 12.4. The first-order valence-electron chi connectivity index (χ1n) is 6.66. The monoisotopic (exact) mass is 252 g/mol. The van der Waals surface area contributed by atoms with E-state index < -0.39 is 0 Å². The zero-order valence-corrected chi connectivity index (χ0v) is 10.8. The molecule has 1 N–H and O–H groups in total. The molecule has 1 aromatic heterocycles. The molecular weight excluding hydrogens is 232 g/mol. The van der Waals surface area contributed by atoms with E-state index >= 15 is 0 Å². The summed E-state index contributed by atoms with van der Waals surface area (Å²) in [6, 6.07) is 0. The van der Waals surface area contributed by atoms with Gasteiger partial charge >= 0.3 is 0 Å². The van der Waals surface area contributed by atoms with Gasteiger partial charge in [0.1, 0.15) is 0 Å². The van der Waals surface area contributed by atoms with Gasteiger partial charge in [0.05, 0.1) is 19.3 Å². The van der Waals surface area contributed by atoms with Crippen molar-refractivity contribution < 1.29 is 9.26 Å². The Hall–Kier alpha value is -0.980. The van der Waals surface area contributed by atoms with Crippen molar-refractivity contribution in [3.63, 3.8) is 0 Å². The van der Waals surface area contributed by atoms with Crippen molar-refractivity contribution in [2.45, 2.75) is 31.4 Å². The third-order valence-electron chi connectivity index (χ3n) is 3.43. The van der Waals surface area contributed by atoms with Crippen LogP contribution in [-0.2, 0) is 11.3 Å². The van der Waals surface area contributed by atoms with E-state index in [2.05, 4.69) is 20.4 Å². The number of nitrogens with zero attached hydrogens (tertiary/aromatic N) is 3. The molecule has 1 aromatic rings. The molecule has 0 bridgehead atoms. The molecule has 1 saturated carbocycles. The number of hydrogen-bond acceptors (Lipinski definition) is 6. The standard InChI is InChI=1S/C12H20N4O2/c1-13-6-10-7-16(4-5-17-10)8-11-14-12(18-15-11)9-2-3-9/h9-10,13H,2-8H2,1H3. The highest BCUT2D eigenvalue weighted by Gasteiger charge is 2.30. The van der Waals surface area contributed by atoms with Gasteiger partial charge in [-0.1, -0.05) is 5.16 Å². The Morgan fingerprint density at radius 2 is 2.33 bits per heavy atom. The maximum Gasteiger partial charge on any atom is 0.229 e. The molecule has 1 saturated heterocycles. The molecule has 2 fully saturated rings. The van der Waals surface area contributed by atoms with Crippen LogP contribution in [0.25, 0.3) is 0 Å². The van der Waals surface area contributed by atoms with Crippen LogP contribution < -0.4 is 5.32 Å². The first-order valence-corrected chi connectivity index (χ1v) is 6.66. The molecule has 6 nitrogen and oxygen atoms in total. The van der Waals surface area contributed by atoms with Crippen molar-refractivity contribution in [3.8, 4) is 0 Å². The maximum atomic E-state index is 5.67. The molecule has 18 heavy (non-hydrogen) atoms. The van der Waals surface area contributed by atoms with Gasteiger partial charge in [0.25, 0.3) is 0 Å². The fourth-order valence-corrected chi connectivity index (χ4v) is 2.30. The highest BCUT2D eigenvalue weighted by atomic mass is 16.5. The van der Waals surface area contributed by atoms with Gasteiger partial charge in [-0.25, -0.2) is 0 Å². The van der Waals surface area contributed by atoms with Gasteiger partial charge in [-0.2, -0.15) is 4.98 Å². The molecule has 0 radical (unpaired) electrons. The highest BCUT2D eigenvalue weighted by Crippen LogP contribution is 2.38. The van der Waals surface area contributed by atoms with Crippen molar-refractivity contribution in [1.82, 2.24) is 20.4 Å². The van der Waals surface area contributed by atoms with Crippen LogP contribution in [0.3, 0.4) is 0 Å². The van der Waals surface area contributed by atoms with E-state index in [1.165, 1.54) is 12.8 Å². The van der Waals surface area contributed by atoms with Gasteiger partial charge in [0, 0.05) is 25.6 Å². The van der Waals surface area contributed by atoms with E-state index in [1.807, 2.05) is 7.05 Å². The average Bonchev–Trinajstić information content (AvgIpc) is 3.12. The second kappa shape index (κ2) is 5.34. The molecule has 6 heteroatoms. The second-order valence-electron chi connectivity index (χ2n) is 5.11. The van der Waals surface area contributed by atoms with Gasteiger partial charge in [-0.05, 0) is 19.9 Å². The Labute approximate surface area is 107 Å². The predicted octanol–water partition coefficient (Wildman–Crippen LogP) is 0.367. The van der Waals surface area contributed by atoms with Gasteiger partial charge in [0.2, 0.25) is 5.89 Å². The molecule has 2 heterocycles. The predicted molar refractivity (Wildman–Crippen MR) is 65.2 cm³/mol. The molecule has 100 valence electrons. The largest absolute Gasteiger partial charge is 0.374 e. The zero-order valence-electron chi connectivity index (χ0n) is 10.8. The van der Waals surface area contributed by atoms with Crippen LogP contribution in [0, 0.1) is 0 Å². The van der Waals surface area contributed by atoms with Crippen LogP contribution in [0.5, 0.6) is 0 Å². The molecule has 0 amide bonds. The van der Waals surface area contributed by atoms with Gasteiger partial charge < -0.3 is 14.6 Å². The van der Waals surface area contributed by atoms with E-state index in [1.54, 1.807) is 0 Å². The smallest absolute Gasteiger partial charge is 0.229 e. The lowest BCUT2D eigenvalue weighted by molar-refractivity contribution is -0.0300. The summed E-state index contributed by atoms with van der Waals surface area (Å²) < 4.78 is 10.9. The van der Waals surface area contributed by atoms with Crippen molar-refractivity contribution >= 4 is 0 Å². The van der Waals surface area contributed by atoms with Crippen molar-refractivity contribution in [3.05, 3.63) is 11.7 Å². The summed E-state index contributed by atoms with van der Waals surface area (Å²) in [5.41, 5.74) is 0. The third kappa shape index (κ3) is 2.88. The molecule has 1 aliphatic carbocycles. The maximum absolute atomic E-state index is 5.67. The van der Waals surface area contributed by atoms with E-state index in [-0.39, 0.29) is 6.10 Å². The summed E-state index contributed by atoms with van der Waals surface area (Å²) in [5.74, 6) is 2.17. The molecular formula is C12H20N4O2. The van der Waals surface area contributed by atoms with Crippen LogP contribution >= 0.6 is 0 Å². The van der Waals surface area contributed by atoms with Crippen LogP contribution in [-0.4, -0.2) is 54.4 Å². The Morgan fingerprint density at radius 3 is 3.11 bits per heavy atom. The number of ether oxygens (including phenoxy) is 1. The Bertz CT molecular complexity index is 389. The fraction of sp³-hybridized carbons (Fsp3) is 0.833. The Balaban J connectivity index is 1.54. The quantitative estimate of drug-likeness (QED) is 0.816. The molecule has 0 spiro atoms. The minimum atomic E-state index is 0.263. The topological polar surface area (TPSA) is 63.4 Å². The number of likely N-dealkylation sites (N-methyl/N-ethyl adjacent to an activating group) is 1. The second-order valence-corrected chi connectivity index (χ2v) is 5.11. The number of morpholine rings is 1. The minimum absolute atomic E-state index is 0.263. The Morgan fingerprint density at radius 1 is 1.44 bits per heavy atom. The highest BCUT2D eigenvalue weighted by molar-refractivity contribution is 5.01. The summed E-state index contributed by atoms with van der Waals surface area (Å²) in [5, 5.41) is 7.21. The van der Waals surface area contributed by atoms with Gasteiger partial charge in [-0.3, -0.25) is 4.90 Å². The number of rotatable bonds is 5. The molecule has 3 rings (SSSR count). The fourth-order valence-electron chi connectivity index (χ4n) is 2.30. The van der Waals surface area contributed by atoms with Gasteiger partial charge in [-0.15, -0.1) is 0 Å². The molecule has 0 aromatic carbocycles. The summed E-state index contributed by atoms with van der Waals surface area (Å²) in [4.78, 5) is 6.79. The van der Waals surface area contributed by atoms with Crippen LogP contribution in [0.1, 0.15) is 30.5 Å². The van der Waals surface area contributed by atoms with E-state index in [0.29, 0.717) is 5.92 Å². The summed E-state index contributed by atoms with van der Waals surface area (Å²) >= 11 is 0. The van der Waals surface area contributed by atoms with Crippen LogP contribution in [0.4, 0.5) is 0 Å². The number of aromatic nitrogens is 2. The van der Waals surface area contributed by atoms with Crippen molar-refractivity contribution in [1.29, 1.82) is 0 Å². The van der Waals surface area contributed by atoms with Crippen molar-refractivity contribution in [2.24, 2.45) is 0 Å². The van der Waals surface area contributed by atoms with E-state index in [9.17, 15) is 0 Å². The normalized spacial score (nSPS) is 25.5. The lowest BCUT2D eigenvalue weighted by Gasteiger charge is -2.31. The van der Waals surface area contributed by atoms with E-state index in [4.69, 9.17) is 9.26 Å². The first kappa shape index (κ1) is 12.1. The summed E-state index contributed by atoms with van der Waals surface area (Å²) in [6.07, 6.45) is 2.66. The lowest BCUT2D eigenvalue weighted by atomic mass is 10.2. The molecule has 1 unspecified atom stereocenters. The van der Waals surface area contributed by atoms with Crippen LogP contribution in [0.2, 0.25) is 0 Å². The number of hydrogen-bond donors (Lipinski definition) is 1. The van der Waals surface area contributed by atoms with Crippen LogP contribution in [0.15, 0.2) is 4.52 Å². The first-order chi connectivity index (χ1) is 8.85. The summed E-state index contributed by atoms with van der Waals surface area (Å²) in [6.45, 7) is 4.29. The third-order valence-corrected chi connectivity index (χ3v) is 3.43. The average molecular weight is 252 g/mol. The lowest BCUT2D eigenvalue weighted by Crippen LogP contribution is -2.45. The molecule has 1 aliphatic heterocycles. The van der Waals surface area contributed by atoms with E-state index in [0.717, 1.165) is 44.5 Å². The molecule has 2 aliphatic rings. The summed E-state index contributed by atoms with van der Waals surface area (Å²) in [7, 11) is 1.95. The molecule has 1 atom stereocenters. The SMILES string of the molecule is CNCC1CN(Cc2noc(C3CC3)n2)CCO1.